The van der Waals surface area contributed by atoms with E-state index in [4.69, 9.17) is 0 Å². The molecule has 0 saturated carbocycles. The Bertz CT molecular complexity index is 1260. The summed E-state index contributed by atoms with van der Waals surface area (Å²) in [7, 11) is 3.84. The molecule has 0 bridgehead atoms. The van der Waals surface area contributed by atoms with Crippen LogP contribution in [0.15, 0.2) is 126 Å². The van der Waals surface area contributed by atoms with Crippen LogP contribution in [0.1, 0.15) is 27.5 Å². The van der Waals surface area contributed by atoms with Gasteiger partial charge in [-0.3, -0.25) is 0 Å². The highest BCUT2D eigenvalue weighted by Gasteiger charge is 2.28. The van der Waals surface area contributed by atoms with Gasteiger partial charge in [-0.25, -0.2) is 8.42 Å². The molecule has 194 valence electrons. The summed E-state index contributed by atoms with van der Waals surface area (Å²) in [6, 6.07) is 36.3. The number of benzene rings is 4. The Morgan fingerprint density at radius 3 is 1.41 bits per heavy atom. The maximum absolute atomic E-state index is 13.8. The topological polar surface area (TPSA) is 58.2 Å². The van der Waals surface area contributed by atoms with Crippen LogP contribution in [0.3, 0.4) is 0 Å². The number of aryl methyl sites for hydroxylation is 1. The zero-order valence-electron chi connectivity index (χ0n) is 22.3. The van der Waals surface area contributed by atoms with Crippen molar-refractivity contribution < 1.29 is 8.42 Å². The molecule has 0 amide bonds. The van der Waals surface area contributed by atoms with E-state index in [0.717, 1.165) is 27.8 Å². The Balaban J connectivity index is 0.000000733. The van der Waals surface area contributed by atoms with E-state index in [1.807, 2.05) is 144 Å². The van der Waals surface area contributed by atoms with Gasteiger partial charge in [-0.2, -0.15) is 0 Å². The van der Waals surface area contributed by atoms with Crippen LogP contribution >= 0.6 is 0 Å². The Morgan fingerprint density at radius 1 is 0.622 bits per heavy atom. The number of nitrogens with one attached hydrogen (secondary N) is 2. The molecule has 0 spiro atoms. The average Bonchev–Trinajstić information content (AvgIpc) is 2.92. The predicted octanol–water partition coefficient (Wildman–Crippen LogP) is 6.31. The molecule has 0 fully saturated rings. The molecule has 1 unspecified atom stereocenters. The van der Waals surface area contributed by atoms with Gasteiger partial charge in [-0.1, -0.05) is 115 Å². The van der Waals surface area contributed by atoms with E-state index in [0.29, 0.717) is 4.90 Å². The van der Waals surface area contributed by atoms with Crippen molar-refractivity contribution in [2.45, 2.75) is 17.1 Å². The Kier molecular flexibility index (Phi) is 12.5. The summed E-state index contributed by atoms with van der Waals surface area (Å²) in [4.78, 5) is 0.323. The summed E-state index contributed by atoms with van der Waals surface area (Å²) >= 11 is 0. The van der Waals surface area contributed by atoms with E-state index < -0.39 is 15.1 Å². The number of hydrogen-bond donors (Lipinski definition) is 2. The molecule has 0 saturated heterocycles. The van der Waals surface area contributed by atoms with Gasteiger partial charge in [0.2, 0.25) is 0 Å². The maximum Gasteiger partial charge on any atom is 0.188 e. The van der Waals surface area contributed by atoms with Gasteiger partial charge in [-0.15, -0.1) is 0 Å². The Labute approximate surface area is 223 Å². The van der Waals surface area contributed by atoms with Gasteiger partial charge >= 0.3 is 0 Å². The minimum absolute atomic E-state index is 0.323. The largest absolute Gasteiger partial charge is 0.323 e. The van der Waals surface area contributed by atoms with Crippen LogP contribution in [-0.4, -0.2) is 36.6 Å². The third-order valence-corrected chi connectivity index (χ3v) is 7.31. The molecule has 4 nitrogen and oxygen atoms in total. The molecule has 2 N–H and O–H groups in total. The van der Waals surface area contributed by atoms with Crippen molar-refractivity contribution in [1.29, 1.82) is 0 Å². The Morgan fingerprint density at radius 2 is 1.00 bits per heavy atom. The van der Waals surface area contributed by atoms with Crippen molar-refractivity contribution in [3.63, 3.8) is 0 Å². The zero-order valence-corrected chi connectivity index (χ0v) is 23.2. The molecule has 0 heterocycles. The lowest BCUT2D eigenvalue weighted by Crippen LogP contribution is -2.13. The zero-order chi connectivity index (χ0) is 27.1. The van der Waals surface area contributed by atoms with E-state index in [1.54, 1.807) is 12.1 Å². The second-order valence-corrected chi connectivity index (χ2v) is 10.6. The van der Waals surface area contributed by atoms with Crippen LogP contribution in [0.4, 0.5) is 0 Å². The molecular weight excluding hydrogens is 476 g/mol. The van der Waals surface area contributed by atoms with Crippen molar-refractivity contribution in [2.24, 2.45) is 0 Å². The highest BCUT2D eigenvalue weighted by Crippen LogP contribution is 2.35. The van der Waals surface area contributed by atoms with Crippen LogP contribution in [0.2, 0.25) is 0 Å². The molecule has 0 aromatic heterocycles. The van der Waals surface area contributed by atoms with Gasteiger partial charge in [0.1, 0.15) is 5.25 Å². The predicted molar refractivity (Wildman–Crippen MR) is 157 cm³/mol. The van der Waals surface area contributed by atoms with E-state index in [9.17, 15) is 8.42 Å². The lowest BCUT2D eigenvalue weighted by Gasteiger charge is -2.18. The molecular formula is C32H38N2O2S. The monoisotopic (exact) mass is 514 g/mol. The molecule has 0 aliphatic heterocycles. The first-order valence-electron chi connectivity index (χ1n) is 12.2. The highest BCUT2D eigenvalue weighted by atomic mass is 32.2. The summed E-state index contributed by atoms with van der Waals surface area (Å²) in [5, 5.41) is 4.69. The molecule has 4 aromatic rings. The minimum atomic E-state index is -3.66. The Hall–Kier alpha value is -3.51. The molecule has 5 heteroatoms. The summed E-state index contributed by atoms with van der Waals surface area (Å²) in [5.74, 6) is 0. The smallest absolute Gasteiger partial charge is 0.188 e. The molecule has 4 aromatic carbocycles. The van der Waals surface area contributed by atoms with Crippen LogP contribution in [0, 0.1) is 6.92 Å². The molecule has 0 aliphatic carbocycles. The van der Waals surface area contributed by atoms with E-state index in [2.05, 4.69) is 10.6 Å². The fraction of sp³-hybridized carbons (Fsp3) is 0.188. The third kappa shape index (κ3) is 8.83. The van der Waals surface area contributed by atoms with Gasteiger partial charge in [0.25, 0.3) is 0 Å². The number of sulfone groups is 1. The maximum atomic E-state index is 13.8. The van der Waals surface area contributed by atoms with Gasteiger partial charge < -0.3 is 10.6 Å². The van der Waals surface area contributed by atoms with Crippen LogP contribution < -0.4 is 10.6 Å². The molecule has 0 radical (unpaired) electrons. The average molecular weight is 515 g/mol. The number of hydrogen-bond acceptors (Lipinski definition) is 4. The number of rotatable bonds is 6. The third-order valence-electron chi connectivity index (χ3n) is 5.30. The molecule has 4 rings (SSSR count). The summed E-state index contributed by atoms with van der Waals surface area (Å²) in [5.41, 5.74) is 4.63. The first kappa shape index (κ1) is 29.7. The van der Waals surface area contributed by atoms with Crippen LogP contribution in [-0.2, 0) is 9.84 Å². The summed E-state index contributed by atoms with van der Waals surface area (Å²) in [6.07, 6.45) is 1.88. The van der Waals surface area contributed by atoms with Crippen LogP contribution in [0.5, 0.6) is 0 Å². The standard InChI is InChI=1S/C28H24O2S.2C2H7N/c1-22-17-19-26(20-18-22)31(29,30)28(25-15-9-4-10-16-25)21-27(23-11-5-2-6-12-23)24-13-7-3-8-14-24;2*1-3-2/h2-21,28H,1H3;2*3H,1-2H3. The quantitative estimate of drug-likeness (QED) is 0.316. The fourth-order valence-electron chi connectivity index (χ4n) is 3.63. The second-order valence-electron chi connectivity index (χ2n) is 8.50. The van der Waals surface area contributed by atoms with Gasteiger partial charge in [0.05, 0.1) is 4.90 Å². The molecule has 37 heavy (non-hydrogen) atoms. The lowest BCUT2D eigenvalue weighted by molar-refractivity contribution is 0.590. The van der Waals surface area contributed by atoms with Crippen molar-refractivity contribution in [2.75, 3.05) is 28.2 Å². The van der Waals surface area contributed by atoms with Crippen molar-refractivity contribution in [3.05, 3.63) is 144 Å². The molecule has 0 aliphatic rings. The van der Waals surface area contributed by atoms with Crippen molar-refractivity contribution in [3.8, 4) is 0 Å². The van der Waals surface area contributed by atoms with Crippen LogP contribution in [0.25, 0.3) is 5.57 Å². The van der Waals surface area contributed by atoms with Crippen molar-refractivity contribution >= 4 is 15.4 Å². The first-order chi connectivity index (χ1) is 17.9. The van der Waals surface area contributed by atoms with E-state index in [1.165, 1.54) is 0 Å². The lowest BCUT2D eigenvalue weighted by atomic mass is 9.96. The second kappa shape index (κ2) is 15.6. The van der Waals surface area contributed by atoms with E-state index in [-0.39, 0.29) is 0 Å². The summed E-state index contributed by atoms with van der Waals surface area (Å²) in [6.45, 7) is 1.95. The van der Waals surface area contributed by atoms with Crippen molar-refractivity contribution in [1.82, 2.24) is 10.6 Å². The van der Waals surface area contributed by atoms with E-state index >= 15 is 0 Å². The summed E-state index contributed by atoms with van der Waals surface area (Å²) < 4.78 is 27.6. The highest BCUT2D eigenvalue weighted by molar-refractivity contribution is 7.91. The first-order valence-corrected chi connectivity index (χ1v) is 13.8. The van der Waals surface area contributed by atoms with Gasteiger partial charge in [0.15, 0.2) is 9.84 Å². The van der Waals surface area contributed by atoms with Gasteiger partial charge in [-0.05, 0) is 69.5 Å². The SMILES string of the molecule is CNC.CNC.Cc1ccc(S(=O)(=O)C(C=C(c2ccccc2)c2ccccc2)c2ccccc2)cc1. The normalized spacial score (nSPS) is 11.2. The van der Waals surface area contributed by atoms with Gasteiger partial charge in [0, 0.05) is 0 Å². The minimum Gasteiger partial charge on any atom is -0.323 e. The fourth-order valence-corrected chi connectivity index (χ4v) is 5.27. The molecule has 1 atom stereocenters.